The Morgan fingerprint density at radius 2 is 2.35 bits per heavy atom. The van der Waals surface area contributed by atoms with Gasteiger partial charge in [0, 0.05) is 25.0 Å². The number of amides is 1. The summed E-state index contributed by atoms with van der Waals surface area (Å²) < 4.78 is 5.12. The average molecular weight is 297 g/mol. The monoisotopic (exact) mass is 297 g/mol. The highest BCUT2D eigenvalue weighted by Crippen LogP contribution is 2.33. The third-order valence-electron chi connectivity index (χ3n) is 3.69. The number of methoxy groups -OCH3 is 1. The molecule has 20 heavy (non-hydrogen) atoms. The predicted molar refractivity (Wildman–Crippen MR) is 75.8 cm³/mol. The molecule has 0 aliphatic carbocycles. The molecule has 1 aliphatic rings. The molecule has 2 atom stereocenters. The third kappa shape index (κ3) is 3.02. The summed E-state index contributed by atoms with van der Waals surface area (Å²) in [6.45, 7) is 2.37. The molecule has 0 spiro atoms. The van der Waals surface area contributed by atoms with E-state index < -0.39 is 12.0 Å². The first-order valence-corrected chi connectivity index (χ1v) is 7.54. The average Bonchev–Trinajstić information content (AvgIpc) is 2.90. The Morgan fingerprint density at radius 1 is 1.60 bits per heavy atom. The van der Waals surface area contributed by atoms with Gasteiger partial charge in [-0.3, -0.25) is 4.79 Å². The number of carboxylic acid groups (broad SMARTS) is 1. The Labute approximate surface area is 122 Å². The zero-order valence-electron chi connectivity index (χ0n) is 11.7. The van der Waals surface area contributed by atoms with Gasteiger partial charge in [-0.2, -0.15) is 0 Å². The lowest BCUT2D eigenvalue weighted by Crippen LogP contribution is -2.43. The van der Waals surface area contributed by atoms with E-state index in [2.05, 4.69) is 0 Å². The van der Waals surface area contributed by atoms with Crippen molar-refractivity contribution in [1.29, 1.82) is 0 Å². The molecule has 1 N–H and O–H groups in total. The molecular formula is C14H19NO4S. The Kier molecular flexibility index (Phi) is 4.77. The molecule has 6 heteroatoms. The van der Waals surface area contributed by atoms with Crippen LogP contribution in [0.3, 0.4) is 0 Å². The molecule has 2 rings (SSSR count). The van der Waals surface area contributed by atoms with E-state index in [0.717, 1.165) is 16.9 Å². The van der Waals surface area contributed by atoms with E-state index in [1.54, 1.807) is 18.4 Å². The van der Waals surface area contributed by atoms with E-state index in [4.69, 9.17) is 4.74 Å². The van der Waals surface area contributed by atoms with Crippen molar-refractivity contribution in [2.75, 3.05) is 13.7 Å². The maximum atomic E-state index is 12.3. The van der Waals surface area contributed by atoms with Crippen molar-refractivity contribution in [2.24, 2.45) is 0 Å². The molecule has 0 aromatic carbocycles. The SMILES string of the molecule is COC(C)CCC(=O)N1CCc2sccc2C1C(=O)O. The Morgan fingerprint density at radius 3 is 3.00 bits per heavy atom. The molecule has 2 unspecified atom stereocenters. The van der Waals surface area contributed by atoms with Gasteiger partial charge in [-0.1, -0.05) is 0 Å². The van der Waals surface area contributed by atoms with Crippen LogP contribution in [0.1, 0.15) is 36.2 Å². The van der Waals surface area contributed by atoms with Gasteiger partial charge >= 0.3 is 5.97 Å². The van der Waals surface area contributed by atoms with Gasteiger partial charge in [0.05, 0.1) is 6.10 Å². The number of hydrogen-bond donors (Lipinski definition) is 1. The quantitative estimate of drug-likeness (QED) is 0.903. The molecule has 0 radical (unpaired) electrons. The summed E-state index contributed by atoms with van der Waals surface area (Å²) in [6.07, 6.45) is 1.67. The lowest BCUT2D eigenvalue weighted by atomic mass is 9.99. The van der Waals surface area contributed by atoms with Crippen molar-refractivity contribution >= 4 is 23.2 Å². The highest BCUT2D eigenvalue weighted by atomic mass is 32.1. The Hall–Kier alpha value is -1.40. The van der Waals surface area contributed by atoms with Crippen LogP contribution in [0.25, 0.3) is 0 Å². The summed E-state index contributed by atoms with van der Waals surface area (Å²) in [4.78, 5) is 26.3. The van der Waals surface area contributed by atoms with Crippen LogP contribution in [0.4, 0.5) is 0 Å². The van der Waals surface area contributed by atoms with Gasteiger partial charge in [-0.05, 0) is 36.8 Å². The van der Waals surface area contributed by atoms with E-state index in [1.165, 1.54) is 4.90 Å². The molecule has 2 heterocycles. The van der Waals surface area contributed by atoms with Crippen molar-refractivity contribution in [3.05, 3.63) is 21.9 Å². The zero-order chi connectivity index (χ0) is 14.7. The lowest BCUT2D eigenvalue weighted by molar-refractivity contribution is -0.151. The number of carboxylic acids is 1. The molecule has 0 saturated carbocycles. The molecule has 0 saturated heterocycles. The fourth-order valence-electron chi connectivity index (χ4n) is 2.44. The molecular weight excluding hydrogens is 278 g/mol. The first kappa shape index (κ1) is 15.0. The van der Waals surface area contributed by atoms with E-state index in [1.807, 2.05) is 18.4 Å². The van der Waals surface area contributed by atoms with Crippen LogP contribution in [0.5, 0.6) is 0 Å². The number of hydrogen-bond acceptors (Lipinski definition) is 4. The topological polar surface area (TPSA) is 66.8 Å². The number of rotatable bonds is 5. The molecule has 110 valence electrons. The summed E-state index contributed by atoms with van der Waals surface area (Å²) in [5.41, 5.74) is 0.766. The Balaban J connectivity index is 2.11. The van der Waals surface area contributed by atoms with Crippen molar-refractivity contribution in [3.8, 4) is 0 Å². The number of fused-ring (bicyclic) bond motifs is 1. The van der Waals surface area contributed by atoms with E-state index in [9.17, 15) is 14.7 Å². The van der Waals surface area contributed by atoms with Gasteiger partial charge in [0.15, 0.2) is 6.04 Å². The fraction of sp³-hybridized carbons (Fsp3) is 0.571. The molecule has 5 nitrogen and oxygen atoms in total. The molecule has 1 aromatic rings. The summed E-state index contributed by atoms with van der Waals surface area (Å²) >= 11 is 1.56. The number of thiophene rings is 1. The Bertz CT molecular complexity index is 499. The minimum atomic E-state index is -0.961. The molecule has 1 aromatic heterocycles. The summed E-state index contributed by atoms with van der Waals surface area (Å²) in [7, 11) is 1.60. The van der Waals surface area contributed by atoms with Gasteiger partial charge in [0.25, 0.3) is 0 Å². The number of ether oxygens (including phenoxy) is 1. The molecule has 1 amide bonds. The van der Waals surface area contributed by atoms with Gasteiger partial charge in [-0.25, -0.2) is 4.79 Å². The highest BCUT2D eigenvalue weighted by molar-refractivity contribution is 7.10. The third-order valence-corrected chi connectivity index (χ3v) is 4.68. The predicted octanol–water partition coefficient (Wildman–Crippen LogP) is 2.07. The first-order chi connectivity index (χ1) is 9.54. The second kappa shape index (κ2) is 6.37. The van der Waals surface area contributed by atoms with E-state index in [0.29, 0.717) is 19.4 Å². The van der Waals surface area contributed by atoms with Crippen molar-refractivity contribution in [3.63, 3.8) is 0 Å². The van der Waals surface area contributed by atoms with Crippen molar-refractivity contribution < 1.29 is 19.4 Å². The molecule has 0 bridgehead atoms. The van der Waals surface area contributed by atoms with Crippen molar-refractivity contribution in [1.82, 2.24) is 4.90 Å². The smallest absolute Gasteiger partial charge is 0.331 e. The van der Waals surface area contributed by atoms with E-state index >= 15 is 0 Å². The van der Waals surface area contributed by atoms with Crippen LogP contribution in [-0.4, -0.2) is 41.6 Å². The van der Waals surface area contributed by atoms with Gasteiger partial charge in [0.1, 0.15) is 0 Å². The first-order valence-electron chi connectivity index (χ1n) is 6.66. The maximum absolute atomic E-state index is 12.3. The summed E-state index contributed by atoms with van der Waals surface area (Å²) in [5, 5.41) is 11.3. The van der Waals surface area contributed by atoms with Crippen LogP contribution >= 0.6 is 11.3 Å². The normalized spacial score (nSPS) is 19.5. The molecule has 1 aliphatic heterocycles. The van der Waals surface area contributed by atoms with Crippen molar-refractivity contribution in [2.45, 2.75) is 38.3 Å². The van der Waals surface area contributed by atoms with Gasteiger partial charge < -0.3 is 14.7 Å². The highest BCUT2D eigenvalue weighted by Gasteiger charge is 2.36. The fourth-order valence-corrected chi connectivity index (χ4v) is 3.34. The second-order valence-corrected chi connectivity index (χ2v) is 5.96. The number of nitrogens with zero attached hydrogens (tertiary/aromatic N) is 1. The number of carbonyl (C=O) groups is 2. The minimum absolute atomic E-state index is 0.00345. The minimum Gasteiger partial charge on any atom is -0.479 e. The molecule has 0 fully saturated rings. The largest absolute Gasteiger partial charge is 0.479 e. The van der Waals surface area contributed by atoms with Crippen LogP contribution in [0.2, 0.25) is 0 Å². The van der Waals surface area contributed by atoms with Gasteiger partial charge in [0.2, 0.25) is 5.91 Å². The summed E-state index contributed by atoms with van der Waals surface area (Å²) in [5.74, 6) is -1.07. The van der Waals surface area contributed by atoms with Crippen LogP contribution < -0.4 is 0 Å². The summed E-state index contributed by atoms with van der Waals surface area (Å²) in [6, 6.07) is 0.978. The van der Waals surface area contributed by atoms with Gasteiger partial charge in [-0.15, -0.1) is 11.3 Å². The number of carbonyl (C=O) groups excluding carboxylic acids is 1. The second-order valence-electron chi connectivity index (χ2n) is 4.96. The van der Waals surface area contributed by atoms with Crippen LogP contribution in [-0.2, 0) is 20.7 Å². The lowest BCUT2D eigenvalue weighted by Gasteiger charge is -2.33. The van der Waals surface area contributed by atoms with Crippen LogP contribution in [0.15, 0.2) is 11.4 Å². The number of aliphatic carboxylic acids is 1. The van der Waals surface area contributed by atoms with E-state index in [-0.39, 0.29) is 12.0 Å². The van der Waals surface area contributed by atoms with Crippen LogP contribution in [0, 0.1) is 0 Å². The standard InChI is InChI=1S/C14H19NO4S/c1-9(19-2)3-4-12(16)15-7-5-11-10(6-8-20-11)13(15)14(17)18/h6,8-9,13H,3-5,7H2,1-2H3,(H,17,18). The zero-order valence-corrected chi connectivity index (χ0v) is 12.5. The maximum Gasteiger partial charge on any atom is 0.331 e.